The van der Waals surface area contributed by atoms with Gasteiger partial charge in [-0.1, -0.05) is 20.3 Å². The van der Waals surface area contributed by atoms with Crippen molar-refractivity contribution in [3.8, 4) is 0 Å². The highest BCUT2D eigenvalue weighted by Crippen LogP contribution is 2.19. The third-order valence-electron chi connectivity index (χ3n) is 2.08. The molecular weight excluding hydrogens is 154 g/mol. The number of rotatable bonds is 3. The predicted molar refractivity (Wildman–Crippen MR) is 45.4 cm³/mol. The SMILES string of the molecule is CC[C@H](C)[C@H](N)c1nnc(C)o1. The first-order valence-corrected chi connectivity index (χ1v) is 4.20. The highest BCUT2D eigenvalue weighted by atomic mass is 16.4. The van der Waals surface area contributed by atoms with Crippen molar-refractivity contribution in [2.45, 2.75) is 33.2 Å². The molecule has 4 heteroatoms. The number of aromatic nitrogens is 2. The molecule has 0 amide bonds. The van der Waals surface area contributed by atoms with Gasteiger partial charge in [0.15, 0.2) is 0 Å². The van der Waals surface area contributed by atoms with Crippen LogP contribution in [0.4, 0.5) is 0 Å². The highest BCUT2D eigenvalue weighted by Gasteiger charge is 2.18. The summed E-state index contributed by atoms with van der Waals surface area (Å²) >= 11 is 0. The van der Waals surface area contributed by atoms with Crippen molar-refractivity contribution in [3.63, 3.8) is 0 Å². The maximum absolute atomic E-state index is 5.87. The van der Waals surface area contributed by atoms with E-state index in [9.17, 15) is 0 Å². The van der Waals surface area contributed by atoms with Gasteiger partial charge in [0.1, 0.15) is 0 Å². The Morgan fingerprint density at radius 2 is 2.17 bits per heavy atom. The van der Waals surface area contributed by atoms with Gasteiger partial charge in [-0.25, -0.2) is 0 Å². The third-order valence-corrected chi connectivity index (χ3v) is 2.08. The Labute approximate surface area is 72.2 Å². The van der Waals surface area contributed by atoms with E-state index in [2.05, 4.69) is 24.0 Å². The van der Waals surface area contributed by atoms with E-state index in [0.717, 1.165) is 6.42 Å². The first-order chi connectivity index (χ1) is 5.65. The molecule has 1 aromatic rings. The average Bonchev–Trinajstić information content (AvgIpc) is 2.49. The first-order valence-electron chi connectivity index (χ1n) is 4.20. The van der Waals surface area contributed by atoms with Crippen molar-refractivity contribution in [1.29, 1.82) is 0 Å². The molecule has 0 aromatic carbocycles. The van der Waals surface area contributed by atoms with Crippen LogP contribution in [0.2, 0.25) is 0 Å². The fourth-order valence-corrected chi connectivity index (χ4v) is 0.944. The van der Waals surface area contributed by atoms with Crippen molar-refractivity contribution in [3.05, 3.63) is 11.8 Å². The molecule has 2 N–H and O–H groups in total. The Hall–Kier alpha value is -0.900. The van der Waals surface area contributed by atoms with Crippen LogP contribution in [0.15, 0.2) is 4.42 Å². The second-order valence-electron chi connectivity index (χ2n) is 3.07. The molecule has 12 heavy (non-hydrogen) atoms. The molecule has 0 fully saturated rings. The molecule has 0 saturated carbocycles. The van der Waals surface area contributed by atoms with Crippen molar-refractivity contribution < 1.29 is 4.42 Å². The molecular formula is C8H15N3O. The van der Waals surface area contributed by atoms with Gasteiger partial charge in [0, 0.05) is 6.92 Å². The van der Waals surface area contributed by atoms with Crippen LogP contribution in [0.25, 0.3) is 0 Å². The van der Waals surface area contributed by atoms with Gasteiger partial charge in [0.2, 0.25) is 11.8 Å². The van der Waals surface area contributed by atoms with Gasteiger partial charge < -0.3 is 10.2 Å². The molecule has 0 aliphatic rings. The molecule has 0 spiro atoms. The summed E-state index contributed by atoms with van der Waals surface area (Å²) in [5.41, 5.74) is 5.87. The van der Waals surface area contributed by atoms with Crippen LogP contribution in [-0.4, -0.2) is 10.2 Å². The van der Waals surface area contributed by atoms with E-state index in [1.807, 2.05) is 0 Å². The Morgan fingerprint density at radius 3 is 2.58 bits per heavy atom. The van der Waals surface area contributed by atoms with Gasteiger partial charge in [-0.15, -0.1) is 10.2 Å². The monoisotopic (exact) mass is 169 g/mol. The van der Waals surface area contributed by atoms with Crippen LogP contribution in [0, 0.1) is 12.8 Å². The molecule has 1 heterocycles. The first kappa shape index (κ1) is 9.19. The summed E-state index contributed by atoms with van der Waals surface area (Å²) in [7, 11) is 0. The van der Waals surface area contributed by atoms with Crippen LogP contribution in [0.1, 0.15) is 38.1 Å². The van der Waals surface area contributed by atoms with Crippen LogP contribution in [0.3, 0.4) is 0 Å². The minimum absolute atomic E-state index is 0.129. The molecule has 0 radical (unpaired) electrons. The molecule has 1 aromatic heterocycles. The summed E-state index contributed by atoms with van der Waals surface area (Å²) in [4.78, 5) is 0. The fourth-order valence-electron chi connectivity index (χ4n) is 0.944. The zero-order chi connectivity index (χ0) is 9.14. The van der Waals surface area contributed by atoms with Crippen molar-refractivity contribution in [2.24, 2.45) is 11.7 Å². The van der Waals surface area contributed by atoms with Gasteiger partial charge in [0.25, 0.3) is 0 Å². The van der Waals surface area contributed by atoms with Crippen LogP contribution < -0.4 is 5.73 Å². The molecule has 2 atom stereocenters. The van der Waals surface area contributed by atoms with Crippen LogP contribution in [0.5, 0.6) is 0 Å². The second kappa shape index (κ2) is 3.67. The standard InChI is InChI=1S/C8H15N3O/c1-4-5(2)7(9)8-11-10-6(3)12-8/h5,7H,4,9H2,1-3H3/t5-,7-/m0/s1. The maximum atomic E-state index is 5.87. The van der Waals surface area contributed by atoms with Gasteiger partial charge in [-0.2, -0.15) is 0 Å². The van der Waals surface area contributed by atoms with E-state index in [4.69, 9.17) is 10.2 Å². The molecule has 0 aliphatic carbocycles. The van der Waals surface area contributed by atoms with E-state index in [1.165, 1.54) is 0 Å². The third kappa shape index (κ3) is 1.82. The van der Waals surface area contributed by atoms with E-state index < -0.39 is 0 Å². The summed E-state index contributed by atoms with van der Waals surface area (Å²) in [5, 5.41) is 7.60. The molecule has 68 valence electrons. The molecule has 0 bridgehead atoms. The Balaban J connectivity index is 2.70. The molecule has 4 nitrogen and oxygen atoms in total. The lowest BCUT2D eigenvalue weighted by Crippen LogP contribution is -2.18. The quantitative estimate of drug-likeness (QED) is 0.743. The van der Waals surface area contributed by atoms with Crippen LogP contribution in [-0.2, 0) is 0 Å². The number of hydrogen-bond acceptors (Lipinski definition) is 4. The van der Waals surface area contributed by atoms with Crippen LogP contribution >= 0.6 is 0 Å². The molecule has 0 aliphatic heterocycles. The summed E-state index contributed by atoms with van der Waals surface area (Å²) in [6, 6.07) is -0.129. The number of hydrogen-bond donors (Lipinski definition) is 1. The van der Waals surface area contributed by atoms with E-state index in [1.54, 1.807) is 6.92 Å². The van der Waals surface area contributed by atoms with Gasteiger partial charge in [0.05, 0.1) is 6.04 Å². The number of aryl methyl sites for hydroxylation is 1. The number of nitrogens with two attached hydrogens (primary N) is 1. The normalized spacial score (nSPS) is 16.0. The lowest BCUT2D eigenvalue weighted by molar-refractivity contribution is 0.356. The fraction of sp³-hybridized carbons (Fsp3) is 0.750. The van der Waals surface area contributed by atoms with E-state index in [0.29, 0.717) is 17.7 Å². The highest BCUT2D eigenvalue weighted by molar-refractivity contribution is 4.89. The second-order valence-corrected chi connectivity index (χ2v) is 3.07. The summed E-state index contributed by atoms with van der Waals surface area (Å²) in [6.45, 7) is 5.93. The molecule has 1 rings (SSSR count). The van der Waals surface area contributed by atoms with Crippen molar-refractivity contribution in [2.75, 3.05) is 0 Å². The maximum Gasteiger partial charge on any atom is 0.233 e. The molecule has 0 unspecified atom stereocenters. The average molecular weight is 169 g/mol. The molecule has 0 saturated heterocycles. The van der Waals surface area contributed by atoms with Gasteiger partial charge >= 0.3 is 0 Å². The van der Waals surface area contributed by atoms with E-state index >= 15 is 0 Å². The van der Waals surface area contributed by atoms with Gasteiger partial charge in [-0.05, 0) is 5.92 Å². The Morgan fingerprint density at radius 1 is 1.50 bits per heavy atom. The van der Waals surface area contributed by atoms with E-state index in [-0.39, 0.29) is 6.04 Å². The minimum Gasteiger partial charge on any atom is -0.424 e. The summed E-state index contributed by atoms with van der Waals surface area (Å²) < 4.78 is 5.22. The predicted octanol–water partition coefficient (Wildman–Crippen LogP) is 1.42. The largest absolute Gasteiger partial charge is 0.424 e. The minimum atomic E-state index is -0.129. The Bertz CT molecular complexity index is 246. The number of nitrogens with zero attached hydrogens (tertiary/aromatic N) is 2. The smallest absolute Gasteiger partial charge is 0.233 e. The lowest BCUT2D eigenvalue weighted by atomic mass is 10.0. The lowest BCUT2D eigenvalue weighted by Gasteiger charge is -2.13. The summed E-state index contributed by atoms with van der Waals surface area (Å²) in [5.74, 6) is 1.50. The zero-order valence-corrected chi connectivity index (χ0v) is 7.74. The summed E-state index contributed by atoms with van der Waals surface area (Å²) in [6.07, 6.45) is 1.02. The van der Waals surface area contributed by atoms with Crippen molar-refractivity contribution in [1.82, 2.24) is 10.2 Å². The van der Waals surface area contributed by atoms with Gasteiger partial charge in [-0.3, -0.25) is 0 Å². The zero-order valence-electron chi connectivity index (χ0n) is 7.74. The topological polar surface area (TPSA) is 64.9 Å². The van der Waals surface area contributed by atoms with Crippen molar-refractivity contribution >= 4 is 0 Å². The Kier molecular flexibility index (Phi) is 2.81.